The monoisotopic (exact) mass is 352 g/mol. The molecule has 0 atom stereocenters. The average Bonchev–Trinajstić information content (AvgIpc) is 3.04. The summed E-state index contributed by atoms with van der Waals surface area (Å²) >= 11 is 1.12. The van der Waals surface area contributed by atoms with Crippen LogP contribution >= 0.6 is 11.3 Å². The molecule has 1 aromatic carbocycles. The van der Waals surface area contributed by atoms with Crippen LogP contribution in [0.5, 0.6) is 0 Å². The maximum absolute atomic E-state index is 12.8. The Morgan fingerprint density at radius 1 is 1.25 bits per heavy atom. The van der Waals surface area contributed by atoms with E-state index in [1.807, 2.05) is 0 Å². The summed E-state index contributed by atoms with van der Waals surface area (Å²) in [5, 5.41) is 13.8. The summed E-state index contributed by atoms with van der Waals surface area (Å²) in [6.07, 6.45) is 0.665. The van der Waals surface area contributed by atoms with Gasteiger partial charge in [-0.3, -0.25) is 9.59 Å². The van der Waals surface area contributed by atoms with Gasteiger partial charge in [-0.05, 0) is 24.3 Å². The molecule has 2 N–H and O–H groups in total. The van der Waals surface area contributed by atoms with E-state index in [0.29, 0.717) is 30.3 Å². The van der Waals surface area contributed by atoms with Crippen molar-refractivity contribution >= 4 is 28.8 Å². The number of hydrogen-bond acceptors (Lipinski definition) is 6. The Morgan fingerprint density at radius 2 is 2.00 bits per heavy atom. The molecule has 0 spiro atoms. The van der Waals surface area contributed by atoms with E-state index >= 15 is 0 Å². The van der Waals surface area contributed by atoms with Gasteiger partial charge in [-0.15, -0.1) is 10.2 Å². The van der Waals surface area contributed by atoms with Crippen molar-refractivity contribution in [2.24, 2.45) is 0 Å². The number of hydrogen-bond donors (Lipinski definition) is 2. The Kier molecular flexibility index (Phi) is 6.76. The van der Waals surface area contributed by atoms with Crippen molar-refractivity contribution in [2.45, 2.75) is 12.8 Å². The zero-order valence-electron chi connectivity index (χ0n) is 13.0. The van der Waals surface area contributed by atoms with Crippen LogP contribution in [0.15, 0.2) is 24.3 Å². The Hall–Kier alpha value is -2.39. The smallest absolute Gasteiger partial charge is 0.286 e. The van der Waals surface area contributed by atoms with Gasteiger partial charge >= 0.3 is 0 Å². The molecule has 0 saturated carbocycles. The van der Waals surface area contributed by atoms with Crippen molar-refractivity contribution in [1.29, 1.82) is 0 Å². The first-order valence-corrected chi connectivity index (χ1v) is 8.05. The molecular weight excluding hydrogens is 335 g/mol. The van der Waals surface area contributed by atoms with Gasteiger partial charge in [0.05, 0.1) is 6.61 Å². The standard InChI is InChI=1S/C15H17FN4O3S/c1-23-9-8-17-12(21)6-7-13-19-20-15(24-13)14(22)18-11-4-2-10(16)3-5-11/h2-5H,6-9H2,1H3,(H,17,21)(H,18,22). The largest absolute Gasteiger partial charge is 0.383 e. The maximum atomic E-state index is 12.8. The van der Waals surface area contributed by atoms with Crippen molar-refractivity contribution in [3.8, 4) is 0 Å². The Balaban J connectivity index is 1.82. The van der Waals surface area contributed by atoms with Crippen LogP contribution in [0.25, 0.3) is 0 Å². The van der Waals surface area contributed by atoms with Gasteiger partial charge in [0.2, 0.25) is 10.9 Å². The molecule has 0 aliphatic rings. The normalized spacial score (nSPS) is 10.4. The molecule has 7 nitrogen and oxygen atoms in total. The molecule has 0 bridgehead atoms. The summed E-state index contributed by atoms with van der Waals surface area (Å²) in [7, 11) is 1.56. The molecule has 2 amide bonds. The van der Waals surface area contributed by atoms with Crippen molar-refractivity contribution in [2.75, 3.05) is 25.6 Å². The highest BCUT2D eigenvalue weighted by Crippen LogP contribution is 2.15. The molecule has 1 heterocycles. The number of nitrogens with one attached hydrogen (secondary N) is 2. The summed E-state index contributed by atoms with van der Waals surface area (Å²) in [6.45, 7) is 0.912. The van der Waals surface area contributed by atoms with Gasteiger partial charge < -0.3 is 15.4 Å². The highest BCUT2D eigenvalue weighted by atomic mass is 32.1. The molecule has 0 aliphatic heterocycles. The predicted octanol–water partition coefficient (Wildman–Crippen LogP) is 1.62. The number of rotatable bonds is 8. The second-order valence-electron chi connectivity index (χ2n) is 4.80. The van der Waals surface area contributed by atoms with Gasteiger partial charge in [0.1, 0.15) is 10.8 Å². The number of nitrogens with zero attached hydrogens (tertiary/aromatic N) is 2. The summed E-state index contributed by atoms with van der Waals surface area (Å²) in [5.74, 6) is -0.913. The fourth-order valence-corrected chi connectivity index (χ4v) is 2.50. The molecule has 0 radical (unpaired) electrons. The first-order chi connectivity index (χ1) is 11.6. The van der Waals surface area contributed by atoms with Crippen LogP contribution in [0, 0.1) is 5.82 Å². The number of carbonyl (C=O) groups excluding carboxylic acids is 2. The van der Waals surface area contributed by atoms with Crippen molar-refractivity contribution in [3.05, 3.63) is 40.1 Å². The topological polar surface area (TPSA) is 93.2 Å². The second kappa shape index (κ2) is 9.04. The van der Waals surface area contributed by atoms with E-state index in [2.05, 4.69) is 20.8 Å². The predicted molar refractivity (Wildman–Crippen MR) is 87.5 cm³/mol. The van der Waals surface area contributed by atoms with Crippen LogP contribution in [0.1, 0.15) is 21.2 Å². The fourth-order valence-electron chi connectivity index (χ4n) is 1.77. The van der Waals surface area contributed by atoms with Crippen LogP contribution < -0.4 is 10.6 Å². The van der Waals surface area contributed by atoms with Crippen molar-refractivity contribution in [3.63, 3.8) is 0 Å². The molecule has 9 heteroatoms. The van der Waals surface area contributed by atoms with Gasteiger partial charge in [-0.25, -0.2) is 4.39 Å². The third kappa shape index (κ3) is 5.67. The molecule has 0 unspecified atom stereocenters. The maximum Gasteiger partial charge on any atom is 0.286 e. The van der Waals surface area contributed by atoms with E-state index in [1.54, 1.807) is 7.11 Å². The number of anilines is 1. The summed E-state index contributed by atoms with van der Waals surface area (Å²) in [4.78, 5) is 23.6. The van der Waals surface area contributed by atoms with Crippen molar-refractivity contribution < 1.29 is 18.7 Å². The first-order valence-electron chi connectivity index (χ1n) is 7.23. The average molecular weight is 352 g/mol. The van der Waals surface area contributed by atoms with Crippen LogP contribution in [0.4, 0.5) is 10.1 Å². The molecule has 2 aromatic rings. The second-order valence-corrected chi connectivity index (χ2v) is 5.87. The zero-order valence-corrected chi connectivity index (χ0v) is 13.9. The summed E-state index contributed by atoms with van der Waals surface area (Å²) in [5.41, 5.74) is 0.468. The number of benzene rings is 1. The molecule has 0 aliphatic carbocycles. The lowest BCUT2D eigenvalue weighted by atomic mass is 10.3. The van der Waals surface area contributed by atoms with Gasteiger partial charge in [-0.1, -0.05) is 11.3 Å². The van der Waals surface area contributed by atoms with Crippen LogP contribution in [0.2, 0.25) is 0 Å². The number of amides is 2. The number of ether oxygens (including phenoxy) is 1. The number of methoxy groups -OCH3 is 1. The molecule has 24 heavy (non-hydrogen) atoms. The number of aryl methyl sites for hydroxylation is 1. The van der Waals surface area contributed by atoms with Gasteiger partial charge in [0.15, 0.2) is 0 Å². The van der Waals surface area contributed by atoms with Crippen LogP contribution in [-0.4, -0.2) is 42.3 Å². The Morgan fingerprint density at radius 3 is 2.71 bits per heavy atom. The lowest BCUT2D eigenvalue weighted by molar-refractivity contribution is -0.121. The lowest BCUT2D eigenvalue weighted by Crippen LogP contribution is -2.27. The summed E-state index contributed by atoms with van der Waals surface area (Å²) < 4.78 is 17.7. The third-order valence-corrected chi connectivity index (χ3v) is 3.94. The van der Waals surface area contributed by atoms with E-state index in [0.717, 1.165) is 11.3 Å². The minimum atomic E-state index is -0.421. The highest BCUT2D eigenvalue weighted by molar-refractivity contribution is 7.13. The molecule has 1 aromatic heterocycles. The molecule has 2 rings (SSSR count). The van der Waals surface area contributed by atoms with Gasteiger partial charge in [-0.2, -0.15) is 0 Å². The minimum absolute atomic E-state index is 0.112. The fraction of sp³-hybridized carbons (Fsp3) is 0.333. The van der Waals surface area contributed by atoms with E-state index in [4.69, 9.17) is 4.74 Å². The zero-order chi connectivity index (χ0) is 17.4. The van der Waals surface area contributed by atoms with E-state index in [9.17, 15) is 14.0 Å². The molecule has 128 valence electrons. The first kappa shape index (κ1) is 18.0. The van der Waals surface area contributed by atoms with Gasteiger partial charge in [0.25, 0.3) is 5.91 Å². The number of aromatic nitrogens is 2. The lowest BCUT2D eigenvalue weighted by Gasteiger charge is -2.02. The Bertz CT molecular complexity index is 690. The van der Waals surface area contributed by atoms with E-state index < -0.39 is 5.91 Å². The highest BCUT2D eigenvalue weighted by Gasteiger charge is 2.14. The number of halogens is 1. The minimum Gasteiger partial charge on any atom is -0.383 e. The SMILES string of the molecule is COCCNC(=O)CCc1nnc(C(=O)Nc2ccc(F)cc2)s1. The number of carbonyl (C=O) groups is 2. The third-order valence-electron chi connectivity index (χ3n) is 2.96. The summed E-state index contributed by atoms with van der Waals surface area (Å²) in [6, 6.07) is 5.42. The van der Waals surface area contributed by atoms with E-state index in [1.165, 1.54) is 24.3 Å². The van der Waals surface area contributed by atoms with Gasteiger partial charge in [0, 0.05) is 32.2 Å². The quantitative estimate of drug-likeness (QED) is 0.704. The van der Waals surface area contributed by atoms with Crippen molar-refractivity contribution in [1.82, 2.24) is 15.5 Å². The molecule has 0 saturated heterocycles. The molecular formula is C15H17FN4O3S. The molecule has 0 fully saturated rings. The van der Waals surface area contributed by atoms with E-state index in [-0.39, 0.29) is 23.2 Å². The Labute approximate surface area is 142 Å². The van der Waals surface area contributed by atoms with Crippen LogP contribution in [0.3, 0.4) is 0 Å². The van der Waals surface area contributed by atoms with Crippen LogP contribution in [-0.2, 0) is 16.0 Å².